The largest absolute Gasteiger partial charge is 0.347 e. The van der Waals surface area contributed by atoms with Crippen molar-refractivity contribution in [1.82, 2.24) is 0 Å². The van der Waals surface area contributed by atoms with Gasteiger partial charge in [-0.3, -0.25) is 4.99 Å². The Morgan fingerprint density at radius 3 is 2.63 bits per heavy atom. The molecule has 0 atom stereocenters. The fourth-order valence-electron chi connectivity index (χ4n) is 3.26. The molecule has 0 saturated carbocycles. The van der Waals surface area contributed by atoms with Crippen LogP contribution in [0.25, 0.3) is 0 Å². The van der Waals surface area contributed by atoms with Crippen LogP contribution in [0.15, 0.2) is 82.3 Å². The fourth-order valence-corrected chi connectivity index (χ4v) is 3.66. The van der Waals surface area contributed by atoms with Gasteiger partial charge in [0.2, 0.25) is 0 Å². The summed E-state index contributed by atoms with van der Waals surface area (Å²) in [7, 11) is 2.06. The summed E-state index contributed by atoms with van der Waals surface area (Å²) in [6.07, 6.45) is 7.84. The topological polar surface area (TPSA) is 54.3 Å². The molecule has 1 heterocycles. The third-order valence-electron chi connectivity index (χ3n) is 4.60. The lowest BCUT2D eigenvalue weighted by atomic mass is 9.84. The van der Waals surface area contributed by atoms with Crippen LogP contribution in [0.2, 0.25) is 0 Å². The Morgan fingerprint density at radius 1 is 1.11 bits per heavy atom. The van der Waals surface area contributed by atoms with E-state index in [-0.39, 0.29) is 5.41 Å². The van der Waals surface area contributed by atoms with Gasteiger partial charge in [-0.2, -0.15) is 0 Å². The summed E-state index contributed by atoms with van der Waals surface area (Å²) in [5, 5.41) is 12.0. The predicted octanol–water partition coefficient (Wildman–Crippen LogP) is 5.68. The lowest BCUT2D eigenvalue weighted by Crippen LogP contribution is -2.22. The average Bonchev–Trinajstić information content (AvgIpc) is 2.87. The highest BCUT2D eigenvalue weighted by atomic mass is 32.2. The molecule has 2 aromatic carbocycles. The van der Waals surface area contributed by atoms with Crippen molar-refractivity contribution in [1.29, 1.82) is 0 Å². The minimum atomic E-state index is -0.165. The number of hydrogen-bond acceptors (Lipinski definition) is 6. The molecule has 0 fully saturated rings. The third-order valence-corrected chi connectivity index (χ3v) is 5.17. The number of allylic oxidation sites excluding steroid dienone is 4. The van der Waals surface area contributed by atoms with Gasteiger partial charge in [0.15, 0.2) is 0 Å². The van der Waals surface area contributed by atoms with Gasteiger partial charge in [-0.15, -0.1) is 4.33 Å². The van der Waals surface area contributed by atoms with Crippen molar-refractivity contribution in [2.45, 2.75) is 24.2 Å². The molecule has 6 heteroatoms. The SMILES string of the molecule is CN1/C(=C\C=C\C=Nc2ccccc2)C(C)(C)c2cc(SOOO)ccc21. The van der Waals surface area contributed by atoms with Crippen LogP contribution < -0.4 is 4.90 Å². The molecule has 0 amide bonds. The van der Waals surface area contributed by atoms with Gasteiger partial charge < -0.3 is 4.90 Å². The van der Waals surface area contributed by atoms with E-state index in [1.807, 2.05) is 54.6 Å². The van der Waals surface area contributed by atoms with E-state index >= 15 is 0 Å². The van der Waals surface area contributed by atoms with Gasteiger partial charge in [-0.25, -0.2) is 5.26 Å². The first-order valence-corrected chi connectivity index (χ1v) is 9.28. The number of benzene rings is 2. The first kappa shape index (κ1) is 19.4. The van der Waals surface area contributed by atoms with Gasteiger partial charge in [-0.1, -0.05) is 43.2 Å². The van der Waals surface area contributed by atoms with Crippen molar-refractivity contribution in [2.24, 2.45) is 4.99 Å². The van der Waals surface area contributed by atoms with Crippen LogP contribution in [0.5, 0.6) is 0 Å². The molecule has 1 N–H and O–H groups in total. The molecule has 5 nitrogen and oxygen atoms in total. The highest BCUT2D eigenvalue weighted by Gasteiger charge is 2.38. The van der Waals surface area contributed by atoms with Crippen LogP contribution in [-0.4, -0.2) is 18.5 Å². The maximum atomic E-state index is 8.34. The minimum Gasteiger partial charge on any atom is -0.347 e. The first-order chi connectivity index (χ1) is 13.0. The van der Waals surface area contributed by atoms with Crippen LogP contribution in [0.1, 0.15) is 19.4 Å². The number of anilines is 1. The lowest BCUT2D eigenvalue weighted by molar-refractivity contribution is -0.432. The molecule has 27 heavy (non-hydrogen) atoms. The van der Waals surface area contributed by atoms with Gasteiger partial charge in [0.1, 0.15) is 0 Å². The van der Waals surface area contributed by atoms with Gasteiger partial charge in [-0.05, 0) is 48.0 Å². The molecule has 0 aromatic heterocycles. The third kappa shape index (κ3) is 4.31. The van der Waals surface area contributed by atoms with E-state index in [0.717, 1.165) is 28.3 Å². The van der Waals surface area contributed by atoms with Gasteiger partial charge in [0.05, 0.1) is 17.7 Å². The van der Waals surface area contributed by atoms with E-state index in [9.17, 15) is 0 Å². The molecular weight excluding hydrogens is 360 g/mol. The molecule has 0 saturated heterocycles. The summed E-state index contributed by atoms with van der Waals surface area (Å²) in [6.45, 7) is 4.37. The normalized spacial score (nSPS) is 17.3. The van der Waals surface area contributed by atoms with E-state index in [2.05, 4.69) is 52.3 Å². The minimum absolute atomic E-state index is 0.165. The molecule has 0 aliphatic carbocycles. The number of fused-ring (bicyclic) bond motifs is 1. The highest BCUT2D eigenvalue weighted by molar-refractivity contribution is 7.94. The van der Waals surface area contributed by atoms with Crippen molar-refractivity contribution < 1.29 is 14.6 Å². The summed E-state index contributed by atoms with van der Waals surface area (Å²) in [4.78, 5) is 7.45. The standard InChI is InChI=1S/C21H22N2O3S/c1-21(2)18-15-17(27-26-25-24)12-13-19(18)23(3)20(21)11-7-8-14-22-16-9-5-4-6-10-16/h4-15,24H,1-3H3/b8-7+,20-11-,22-14?. The molecular formula is C21H22N2O3S. The van der Waals surface area contributed by atoms with Crippen LogP contribution in [0.3, 0.4) is 0 Å². The number of hydrogen-bond donors (Lipinski definition) is 1. The second-order valence-corrected chi connectivity index (χ2v) is 7.41. The summed E-state index contributed by atoms with van der Waals surface area (Å²) in [5.74, 6) is 0. The lowest BCUT2D eigenvalue weighted by Gasteiger charge is -2.23. The molecule has 2 aromatic rings. The second kappa shape index (κ2) is 8.54. The Morgan fingerprint density at radius 2 is 1.89 bits per heavy atom. The van der Waals surface area contributed by atoms with Crippen molar-refractivity contribution in [2.75, 3.05) is 11.9 Å². The summed E-state index contributed by atoms with van der Waals surface area (Å²) in [6, 6.07) is 15.9. The molecule has 0 bridgehead atoms. The van der Waals surface area contributed by atoms with Crippen molar-refractivity contribution in [3.63, 3.8) is 0 Å². The van der Waals surface area contributed by atoms with E-state index in [0.29, 0.717) is 0 Å². The van der Waals surface area contributed by atoms with E-state index in [1.165, 1.54) is 11.3 Å². The zero-order valence-corrected chi connectivity index (χ0v) is 16.3. The molecule has 1 aliphatic heterocycles. The van der Waals surface area contributed by atoms with E-state index < -0.39 is 0 Å². The van der Waals surface area contributed by atoms with Crippen molar-refractivity contribution in [3.05, 3.63) is 78.0 Å². The van der Waals surface area contributed by atoms with Crippen molar-refractivity contribution >= 4 is 29.6 Å². The van der Waals surface area contributed by atoms with E-state index in [1.54, 1.807) is 6.21 Å². The molecule has 0 unspecified atom stereocenters. The van der Waals surface area contributed by atoms with Crippen LogP contribution in [-0.2, 0) is 14.8 Å². The second-order valence-electron chi connectivity index (χ2n) is 6.64. The number of rotatable bonds is 6. The highest BCUT2D eigenvalue weighted by Crippen LogP contribution is 2.48. The Hall–Kier alpha value is -2.38. The first-order valence-electron chi connectivity index (χ1n) is 8.53. The van der Waals surface area contributed by atoms with Crippen LogP contribution >= 0.6 is 12.0 Å². The monoisotopic (exact) mass is 382 g/mol. The maximum absolute atomic E-state index is 8.34. The van der Waals surface area contributed by atoms with Crippen LogP contribution in [0.4, 0.5) is 11.4 Å². The molecule has 0 radical (unpaired) electrons. The predicted molar refractivity (Wildman–Crippen MR) is 110 cm³/mol. The van der Waals surface area contributed by atoms with Crippen molar-refractivity contribution in [3.8, 4) is 0 Å². The Balaban J connectivity index is 1.78. The zero-order chi connectivity index (χ0) is 19.3. The van der Waals surface area contributed by atoms with Crippen LogP contribution in [0, 0.1) is 0 Å². The molecule has 0 spiro atoms. The van der Waals surface area contributed by atoms with Gasteiger partial charge in [0.25, 0.3) is 0 Å². The summed E-state index contributed by atoms with van der Waals surface area (Å²) >= 11 is 0.970. The summed E-state index contributed by atoms with van der Waals surface area (Å²) < 4.78 is 4.55. The smallest absolute Gasteiger partial charge is 0.0714 e. The van der Waals surface area contributed by atoms with Gasteiger partial charge in [0, 0.05) is 35.0 Å². The Labute approximate surface area is 163 Å². The number of para-hydroxylation sites is 1. The quantitative estimate of drug-likeness (QED) is 0.301. The number of likely N-dealkylation sites (N-methyl/N-ethyl adjacent to an activating group) is 1. The average molecular weight is 382 g/mol. The Kier molecular flexibility index (Phi) is 6.13. The maximum Gasteiger partial charge on any atom is 0.0714 e. The van der Waals surface area contributed by atoms with E-state index in [4.69, 9.17) is 5.26 Å². The molecule has 140 valence electrons. The fraction of sp³-hybridized carbons (Fsp3) is 0.190. The Bertz CT molecular complexity index is 876. The molecule has 1 aliphatic rings. The summed E-state index contributed by atoms with van der Waals surface area (Å²) in [5.41, 5.74) is 4.28. The number of aliphatic imine (C=N–C) groups is 1. The van der Waals surface area contributed by atoms with Gasteiger partial charge >= 0.3 is 0 Å². The number of nitrogens with zero attached hydrogens (tertiary/aromatic N) is 2. The molecule has 3 rings (SSSR count). The zero-order valence-electron chi connectivity index (χ0n) is 15.5.